The predicted molar refractivity (Wildman–Crippen MR) is 129 cm³/mol. The molecule has 2 aliphatic heterocycles. The number of imidazole rings is 1. The van der Waals surface area contributed by atoms with Gasteiger partial charge in [-0.25, -0.2) is 9.97 Å². The van der Waals surface area contributed by atoms with E-state index in [-0.39, 0.29) is 22.9 Å². The Morgan fingerprint density at radius 1 is 1.21 bits per heavy atom. The normalized spacial score (nSPS) is 19.8. The minimum absolute atomic E-state index is 0.00204. The molecule has 0 aliphatic carbocycles. The second-order valence-corrected chi connectivity index (χ2v) is 11.2. The molecule has 0 spiro atoms. The highest BCUT2D eigenvalue weighted by molar-refractivity contribution is 8.14. The van der Waals surface area contributed by atoms with Gasteiger partial charge in [-0.3, -0.25) is 9.30 Å². The number of thioether (sulfide) groups is 1. The Labute approximate surface area is 196 Å². The highest BCUT2D eigenvalue weighted by Gasteiger charge is 2.34. The number of hydrogen-bond acceptors (Lipinski definition) is 8. The van der Waals surface area contributed by atoms with Crippen LogP contribution in [0.2, 0.25) is 0 Å². The van der Waals surface area contributed by atoms with Crippen molar-refractivity contribution in [1.29, 1.82) is 0 Å². The lowest BCUT2D eigenvalue weighted by atomic mass is 10.1. The van der Waals surface area contributed by atoms with E-state index >= 15 is 0 Å². The molecule has 0 saturated heterocycles. The van der Waals surface area contributed by atoms with Gasteiger partial charge in [-0.05, 0) is 23.8 Å². The molecule has 11 heteroatoms. The van der Waals surface area contributed by atoms with Gasteiger partial charge >= 0.3 is 0 Å². The Kier molecular flexibility index (Phi) is 5.85. The van der Waals surface area contributed by atoms with Crippen LogP contribution in [0, 0.1) is 0 Å². The number of pyridine rings is 1. The van der Waals surface area contributed by atoms with E-state index in [0.29, 0.717) is 18.1 Å². The van der Waals surface area contributed by atoms with Crippen LogP contribution in [0.1, 0.15) is 11.4 Å². The lowest BCUT2D eigenvalue weighted by Gasteiger charge is -2.22. The van der Waals surface area contributed by atoms with Crippen LogP contribution in [-0.4, -0.2) is 58.0 Å². The van der Waals surface area contributed by atoms with Crippen LogP contribution in [0.4, 0.5) is 11.4 Å². The fourth-order valence-corrected chi connectivity index (χ4v) is 6.47. The molecule has 0 bridgehead atoms. The van der Waals surface area contributed by atoms with Crippen molar-refractivity contribution in [1.82, 2.24) is 14.5 Å². The SMILES string of the molecule is CN(c1cccc2c1NC(C1=NCC(Cn3ccnc3CO)S1)C2)S(=O)(=O)c1ccccn1. The van der Waals surface area contributed by atoms with Gasteiger partial charge in [0.25, 0.3) is 10.0 Å². The van der Waals surface area contributed by atoms with Gasteiger partial charge in [-0.2, -0.15) is 8.42 Å². The first-order valence-corrected chi connectivity index (χ1v) is 12.9. The molecule has 172 valence electrons. The Balaban J connectivity index is 1.31. The standard InChI is InChI=1S/C22H24N6O3S2/c1-27(33(30,31)20-7-2-3-8-24-20)18-6-4-5-15-11-17(26-21(15)18)22-25-12-16(32-22)13-28-10-9-23-19(28)14-29/h2-10,16-17,26,29H,11-14H2,1H3. The summed E-state index contributed by atoms with van der Waals surface area (Å²) >= 11 is 1.73. The summed E-state index contributed by atoms with van der Waals surface area (Å²) in [5.41, 5.74) is 2.46. The first kappa shape index (κ1) is 21.9. The fourth-order valence-electron chi connectivity index (χ4n) is 4.15. The van der Waals surface area contributed by atoms with Gasteiger partial charge in [-0.15, -0.1) is 11.8 Å². The van der Waals surface area contributed by atoms with E-state index in [1.165, 1.54) is 16.6 Å². The maximum Gasteiger partial charge on any atom is 0.281 e. The molecular weight excluding hydrogens is 460 g/mol. The van der Waals surface area contributed by atoms with Crippen molar-refractivity contribution in [2.24, 2.45) is 4.99 Å². The zero-order valence-electron chi connectivity index (χ0n) is 18.0. The Hall–Kier alpha value is -2.89. The van der Waals surface area contributed by atoms with Crippen LogP contribution in [0.5, 0.6) is 0 Å². The molecule has 2 unspecified atom stereocenters. The molecule has 0 amide bonds. The third-order valence-electron chi connectivity index (χ3n) is 5.85. The molecule has 1 aromatic carbocycles. The molecule has 5 rings (SSSR count). The second-order valence-electron chi connectivity index (χ2n) is 7.93. The van der Waals surface area contributed by atoms with Gasteiger partial charge in [0, 0.05) is 43.9 Å². The van der Waals surface area contributed by atoms with Gasteiger partial charge < -0.3 is 15.0 Å². The van der Waals surface area contributed by atoms with E-state index in [1.54, 1.807) is 43.2 Å². The van der Waals surface area contributed by atoms with E-state index < -0.39 is 10.0 Å². The number of fused-ring (bicyclic) bond motifs is 1. The van der Waals surface area contributed by atoms with Crippen molar-refractivity contribution >= 4 is 38.2 Å². The van der Waals surface area contributed by atoms with Crippen LogP contribution in [-0.2, 0) is 29.6 Å². The van der Waals surface area contributed by atoms with Crippen LogP contribution < -0.4 is 9.62 Å². The summed E-state index contributed by atoms with van der Waals surface area (Å²) in [5.74, 6) is 0.650. The molecule has 4 heterocycles. The molecule has 0 saturated carbocycles. The van der Waals surface area contributed by atoms with Crippen molar-refractivity contribution in [2.75, 3.05) is 23.2 Å². The average Bonchev–Trinajstić information content (AvgIpc) is 3.58. The molecule has 2 atom stereocenters. The molecule has 3 aromatic rings. The summed E-state index contributed by atoms with van der Waals surface area (Å²) in [7, 11) is -2.22. The minimum atomic E-state index is -3.78. The third-order valence-corrected chi connectivity index (χ3v) is 8.83. The fraction of sp³-hybridized carbons (Fsp3) is 0.318. The highest BCUT2D eigenvalue weighted by atomic mass is 32.2. The summed E-state index contributed by atoms with van der Waals surface area (Å²) < 4.78 is 29.4. The number of anilines is 2. The monoisotopic (exact) mass is 484 g/mol. The number of aliphatic hydroxyl groups excluding tert-OH is 1. The molecule has 33 heavy (non-hydrogen) atoms. The summed E-state index contributed by atoms with van der Waals surface area (Å²) in [4.78, 5) is 13.0. The van der Waals surface area contributed by atoms with E-state index in [9.17, 15) is 13.5 Å². The van der Waals surface area contributed by atoms with Crippen LogP contribution in [0.25, 0.3) is 0 Å². The average molecular weight is 485 g/mol. The topological polar surface area (TPSA) is 113 Å². The third kappa shape index (κ3) is 4.11. The van der Waals surface area contributed by atoms with E-state index in [4.69, 9.17) is 4.99 Å². The second kappa shape index (κ2) is 8.81. The van der Waals surface area contributed by atoms with Gasteiger partial charge in [0.15, 0.2) is 5.03 Å². The maximum absolute atomic E-state index is 13.1. The smallest absolute Gasteiger partial charge is 0.281 e. The molecular formula is C22H24N6O3S2. The lowest BCUT2D eigenvalue weighted by molar-refractivity contribution is 0.265. The number of benzene rings is 1. The van der Waals surface area contributed by atoms with Gasteiger partial charge in [-0.1, -0.05) is 18.2 Å². The molecule has 2 N–H and O–H groups in total. The maximum atomic E-state index is 13.1. The number of aliphatic hydroxyl groups is 1. The summed E-state index contributed by atoms with van der Waals surface area (Å²) in [6.45, 7) is 1.33. The lowest BCUT2D eigenvalue weighted by Crippen LogP contribution is -2.29. The van der Waals surface area contributed by atoms with Crippen molar-refractivity contribution in [2.45, 2.75) is 35.9 Å². The van der Waals surface area contributed by atoms with Gasteiger partial charge in [0.2, 0.25) is 0 Å². The Morgan fingerprint density at radius 2 is 2.09 bits per heavy atom. The molecule has 0 radical (unpaired) electrons. The molecule has 2 aliphatic rings. The van der Waals surface area contributed by atoms with E-state index in [2.05, 4.69) is 15.3 Å². The van der Waals surface area contributed by atoms with Crippen molar-refractivity contribution < 1.29 is 13.5 Å². The first-order chi connectivity index (χ1) is 16.0. The zero-order chi connectivity index (χ0) is 23.0. The van der Waals surface area contributed by atoms with Gasteiger partial charge in [0.1, 0.15) is 12.4 Å². The molecule has 0 fully saturated rings. The number of hydrogen-bond donors (Lipinski definition) is 2. The number of nitrogens with one attached hydrogen (secondary N) is 1. The van der Waals surface area contributed by atoms with Crippen LogP contribution >= 0.6 is 11.8 Å². The number of sulfonamides is 1. The van der Waals surface area contributed by atoms with Crippen molar-refractivity contribution in [3.05, 3.63) is 66.4 Å². The van der Waals surface area contributed by atoms with Crippen LogP contribution in [0.15, 0.2) is 65.0 Å². The predicted octanol–water partition coefficient (Wildman–Crippen LogP) is 2.15. The number of aliphatic imine (C=N–C) groups is 1. The summed E-state index contributed by atoms with van der Waals surface area (Å²) in [6.07, 6.45) is 5.78. The van der Waals surface area contributed by atoms with E-state index in [1.807, 2.05) is 22.9 Å². The van der Waals surface area contributed by atoms with Crippen molar-refractivity contribution in [3.8, 4) is 0 Å². The zero-order valence-corrected chi connectivity index (χ0v) is 19.6. The molecule has 2 aromatic heterocycles. The van der Waals surface area contributed by atoms with Crippen LogP contribution in [0.3, 0.4) is 0 Å². The number of rotatable bonds is 7. The highest BCUT2D eigenvalue weighted by Crippen LogP contribution is 2.39. The largest absolute Gasteiger partial charge is 0.388 e. The first-order valence-electron chi connectivity index (χ1n) is 10.6. The Morgan fingerprint density at radius 3 is 2.88 bits per heavy atom. The van der Waals surface area contributed by atoms with Gasteiger partial charge in [0.05, 0.1) is 29.0 Å². The number of aromatic nitrogens is 3. The van der Waals surface area contributed by atoms with E-state index in [0.717, 1.165) is 29.3 Å². The van der Waals surface area contributed by atoms with Crippen molar-refractivity contribution in [3.63, 3.8) is 0 Å². The number of nitrogens with zero attached hydrogens (tertiary/aromatic N) is 5. The number of para-hydroxylation sites is 1. The molecule has 9 nitrogen and oxygen atoms in total. The Bertz CT molecular complexity index is 1290. The quantitative estimate of drug-likeness (QED) is 0.528. The summed E-state index contributed by atoms with van der Waals surface area (Å²) in [6, 6.07) is 10.6. The summed E-state index contributed by atoms with van der Waals surface area (Å²) in [5, 5.41) is 14.2. The minimum Gasteiger partial charge on any atom is -0.388 e.